The Morgan fingerprint density at radius 2 is 1.86 bits per heavy atom. The van der Waals surface area contributed by atoms with Crippen molar-refractivity contribution in [2.75, 3.05) is 26.7 Å². The number of fused-ring (bicyclic) bond motifs is 1. The van der Waals surface area contributed by atoms with Crippen LogP contribution in [-0.4, -0.2) is 47.8 Å². The van der Waals surface area contributed by atoms with Gasteiger partial charge in [-0.2, -0.15) is 5.10 Å². The van der Waals surface area contributed by atoms with Crippen molar-refractivity contribution in [2.24, 2.45) is 0 Å². The zero-order valence-electron chi connectivity index (χ0n) is 20.6. The smallest absolute Gasteiger partial charge is 0.243 e. The van der Waals surface area contributed by atoms with Crippen LogP contribution in [0.5, 0.6) is 5.88 Å². The van der Waals surface area contributed by atoms with Crippen LogP contribution < -0.4 is 15.4 Å². The van der Waals surface area contributed by atoms with E-state index in [0.717, 1.165) is 34.0 Å². The first-order valence-corrected chi connectivity index (χ1v) is 12.1. The van der Waals surface area contributed by atoms with E-state index in [1.54, 1.807) is 13.1 Å². The molecule has 2 heterocycles. The summed E-state index contributed by atoms with van der Waals surface area (Å²) in [6.07, 6.45) is 7.88. The van der Waals surface area contributed by atoms with Gasteiger partial charge < -0.3 is 15.4 Å². The van der Waals surface area contributed by atoms with Crippen LogP contribution in [0.1, 0.15) is 30.0 Å². The first-order valence-electron chi connectivity index (χ1n) is 12.1. The van der Waals surface area contributed by atoms with Crippen LogP contribution in [-0.2, 0) is 4.79 Å². The Hall–Kier alpha value is -4.23. The van der Waals surface area contributed by atoms with E-state index < -0.39 is 0 Å². The van der Waals surface area contributed by atoms with Gasteiger partial charge in [0.2, 0.25) is 11.8 Å². The highest BCUT2D eigenvalue weighted by Gasteiger charge is 2.14. The van der Waals surface area contributed by atoms with Crippen LogP contribution in [0, 0.1) is 0 Å². The van der Waals surface area contributed by atoms with Crippen LogP contribution in [0.15, 0.2) is 85.2 Å². The molecular formula is C29H31N5O2. The molecule has 0 saturated heterocycles. The van der Waals surface area contributed by atoms with Gasteiger partial charge >= 0.3 is 0 Å². The van der Waals surface area contributed by atoms with E-state index in [9.17, 15) is 4.79 Å². The number of carbonyl (C=O) groups excluding carboxylic acids is 1. The van der Waals surface area contributed by atoms with Gasteiger partial charge in [0.15, 0.2) is 0 Å². The van der Waals surface area contributed by atoms with E-state index in [2.05, 4.69) is 81.3 Å². The topological polar surface area (TPSA) is 91.9 Å². The molecule has 184 valence electrons. The Balaban J connectivity index is 1.53. The van der Waals surface area contributed by atoms with E-state index in [1.165, 1.54) is 17.2 Å². The highest BCUT2D eigenvalue weighted by molar-refractivity contribution is 6.00. The molecule has 0 aliphatic heterocycles. The maximum absolute atomic E-state index is 11.2. The molecule has 0 saturated carbocycles. The number of benzene rings is 2. The molecule has 2 aromatic carbocycles. The van der Waals surface area contributed by atoms with Gasteiger partial charge in [0, 0.05) is 49.4 Å². The number of aromatic amines is 1. The lowest BCUT2D eigenvalue weighted by Crippen LogP contribution is -2.22. The van der Waals surface area contributed by atoms with Crippen molar-refractivity contribution >= 4 is 28.0 Å². The lowest BCUT2D eigenvalue weighted by Gasteiger charge is -2.16. The average Bonchev–Trinajstić information content (AvgIpc) is 3.40. The van der Waals surface area contributed by atoms with Crippen molar-refractivity contribution in [1.82, 2.24) is 25.8 Å². The van der Waals surface area contributed by atoms with Crippen molar-refractivity contribution < 1.29 is 9.53 Å². The van der Waals surface area contributed by atoms with Gasteiger partial charge in [0.05, 0.1) is 11.7 Å². The number of hydrogen-bond donors (Lipinski definition) is 3. The van der Waals surface area contributed by atoms with Gasteiger partial charge in [-0.1, -0.05) is 49.4 Å². The number of allylic oxidation sites excluding steroid dienone is 1. The average molecular weight is 482 g/mol. The van der Waals surface area contributed by atoms with Crippen molar-refractivity contribution in [3.63, 3.8) is 0 Å². The molecule has 0 bridgehead atoms. The van der Waals surface area contributed by atoms with E-state index in [-0.39, 0.29) is 5.91 Å². The second kappa shape index (κ2) is 12.5. The van der Waals surface area contributed by atoms with E-state index in [0.29, 0.717) is 25.6 Å². The lowest BCUT2D eigenvalue weighted by molar-refractivity contribution is -0.116. The van der Waals surface area contributed by atoms with Crippen LogP contribution in [0.2, 0.25) is 0 Å². The highest BCUT2D eigenvalue weighted by atomic mass is 16.5. The minimum atomic E-state index is -0.117. The number of hydrogen-bond acceptors (Lipinski definition) is 5. The summed E-state index contributed by atoms with van der Waals surface area (Å²) in [5, 5.41) is 14.0. The minimum absolute atomic E-state index is 0.117. The molecule has 0 atom stereocenters. The standard InChI is InChI=1S/C29H31N5O2/c1-3-25(21-8-5-4-6-9-21)29(22-11-13-26-24(18-22)20-33-34-26)23-12-14-28(32-19-23)36-17-16-31-15-7-10-27(35)30-2/h4-14,18-20,31H,3,15-17H2,1-2H3,(H,30,35)(H,33,34)/b10-7+,29-25-. The predicted octanol–water partition coefficient (Wildman–Crippen LogP) is 4.60. The molecule has 0 fully saturated rings. The summed E-state index contributed by atoms with van der Waals surface area (Å²) in [5.41, 5.74) is 6.76. The number of pyridine rings is 1. The van der Waals surface area contributed by atoms with Gasteiger partial charge in [-0.05, 0) is 46.9 Å². The molecule has 0 spiro atoms. The summed E-state index contributed by atoms with van der Waals surface area (Å²) in [6.45, 7) is 3.90. The summed E-state index contributed by atoms with van der Waals surface area (Å²) in [6, 6.07) is 20.8. The fourth-order valence-corrected chi connectivity index (χ4v) is 4.05. The predicted molar refractivity (Wildman–Crippen MR) is 145 cm³/mol. The van der Waals surface area contributed by atoms with E-state index in [4.69, 9.17) is 4.74 Å². The Morgan fingerprint density at radius 3 is 2.61 bits per heavy atom. The van der Waals surface area contributed by atoms with Crippen LogP contribution in [0.4, 0.5) is 0 Å². The summed E-state index contributed by atoms with van der Waals surface area (Å²) in [5.74, 6) is 0.456. The Morgan fingerprint density at radius 1 is 1.03 bits per heavy atom. The molecule has 0 radical (unpaired) electrons. The molecular weight excluding hydrogens is 450 g/mol. The number of rotatable bonds is 11. The number of ether oxygens (including phenoxy) is 1. The monoisotopic (exact) mass is 481 g/mol. The molecule has 0 unspecified atom stereocenters. The molecule has 36 heavy (non-hydrogen) atoms. The third-order valence-corrected chi connectivity index (χ3v) is 5.84. The number of carbonyl (C=O) groups is 1. The third-order valence-electron chi connectivity index (χ3n) is 5.84. The minimum Gasteiger partial charge on any atom is -0.476 e. The van der Waals surface area contributed by atoms with Gasteiger partial charge in [-0.15, -0.1) is 0 Å². The molecule has 7 nitrogen and oxygen atoms in total. The Kier molecular flexibility index (Phi) is 8.62. The lowest BCUT2D eigenvalue weighted by atomic mass is 9.88. The van der Waals surface area contributed by atoms with E-state index in [1.807, 2.05) is 24.5 Å². The van der Waals surface area contributed by atoms with Gasteiger partial charge in [0.25, 0.3) is 0 Å². The molecule has 1 amide bonds. The largest absolute Gasteiger partial charge is 0.476 e. The first-order chi connectivity index (χ1) is 17.7. The zero-order valence-corrected chi connectivity index (χ0v) is 20.6. The molecule has 0 aliphatic rings. The molecule has 0 aliphatic carbocycles. The second-order valence-corrected chi connectivity index (χ2v) is 8.20. The first kappa shape index (κ1) is 24.9. The number of amides is 1. The number of nitrogens with one attached hydrogen (secondary N) is 3. The molecule has 7 heteroatoms. The van der Waals surface area contributed by atoms with Crippen molar-refractivity contribution in [3.8, 4) is 5.88 Å². The molecule has 3 N–H and O–H groups in total. The van der Waals surface area contributed by atoms with Crippen LogP contribution in [0.3, 0.4) is 0 Å². The van der Waals surface area contributed by atoms with Crippen LogP contribution in [0.25, 0.3) is 22.0 Å². The number of aromatic nitrogens is 3. The Labute approximate surface area is 211 Å². The second-order valence-electron chi connectivity index (χ2n) is 8.20. The van der Waals surface area contributed by atoms with Crippen molar-refractivity contribution in [1.29, 1.82) is 0 Å². The fraction of sp³-hybridized carbons (Fsp3) is 0.207. The zero-order chi connectivity index (χ0) is 25.2. The number of nitrogens with zero attached hydrogens (tertiary/aromatic N) is 2. The summed E-state index contributed by atoms with van der Waals surface area (Å²) in [7, 11) is 1.60. The Bertz CT molecular complexity index is 1340. The number of H-pyrrole nitrogens is 1. The summed E-state index contributed by atoms with van der Waals surface area (Å²) < 4.78 is 5.81. The van der Waals surface area contributed by atoms with E-state index >= 15 is 0 Å². The normalized spacial score (nSPS) is 12.1. The highest BCUT2D eigenvalue weighted by Crippen LogP contribution is 2.35. The summed E-state index contributed by atoms with van der Waals surface area (Å²) in [4.78, 5) is 15.8. The molecule has 4 aromatic rings. The number of likely N-dealkylation sites (N-methyl/N-ethyl adjacent to an activating group) is 1. The maximum atomic E-state index is 11.2. The SMILES string of the molecule is CC/C(=C(/c1ccc(OCCNC/C=C/C(=O)NC)nc1)c1ccc2[nH]ncc2c1)c1ccccc1. The third kappa shape index (κ3) is 6.25. The van der Waals surface area contributed by atoms with Crippen LogP contribution >= 0.6 is 0 Å². The summed E-state index contributed by atoms with van der Waals surface area (Å²) >= 11 is 0. The van der Waals surface area contributed by atoms with Gasteiger partial charge in [-0.25, -0.2) is 4.98 Å². The van der Waals surface area contributed by atoms with Gasteiger partial charge in [-0.3, -0.25) is 9.89 Å². The van der Waals surface area contributed by atoms with Crippen molar-refractivity contribution in [3.05, 3.63) is 102 Å². The molecule has 2 aromatic heterocycles. The quantitative estimate of drug-likeness (QED) is 0.165. The maximum Gasteiger partial charge on any atom is 0.243 e. The van der Waals surface area contributed by atoms with Crippen molar-refractivity contribution in [2.45, 2.75) is 13.3 Å². The van der Waals surface area contributed by atoms with Gasteiger partial charge in [0.1, 0.15) is 6.61 Å². The molecule has 4 rings (SSSR count). The fourth-order valence-electron chi connectivity index (χ4n) is 4.05.